The van der Waals surface area contributed by atoms with Gasteiger partial charge in [-0.1, -0.05) is 24.3 Å². The molecule has 2 rings (SSSR count). The Hall–Kier alpha value is -1.58. The molecule has 0 aliphatic heterocycles. The smallest absolute Gasteiger partial charge is 0.119 e. The van der Waals surface area contributed by atoms with Crippen molar-refractivity contribution in [2.45, 2.75) is 19.3 Å². The highest BCUT2D eigenvalue weighted by Crippen LogP contribution is 2.22. The molecule has 0 unspecified atom stereocenters. The van der Waals surface area contributed by atoms with E-state index in [-0.39, 0.29) is 0 Å². The second kappa shape index (κ2) is 8.65. The van der Waals surface area contributed by atoms with Crippen molar-refractivity contribution in [1.29, 1.82) is 0 Å². The summed E-state index contributed by atoms with van der Waals surface area (Å²) in [7, 11) is 3.44. The van der Waals surface area contributed by atoms with Crippen LogP contribution in [-0.2, 0) is 11.2 Å². The molecule has 0 aromatic heterocycles. The minimum Gasteiger partial charge on any atom is -0.497 e. The van der Waals surface area contributed by atoms with Gasteiger partial charge in [0.25, 0.3) is 0 Å². The monoisotopic (exact) mass is 287 g/mol. The molecule has 3 heteroatoms. The molecule has 114 valence electrons. The van der Waals surface area contributed by atoms with E-state index in [1.165, 1.54) is 29.2 Å². The molecule has 0 radical (unpaired) electrons. The molecule has 0 bridgehead atoms. The van der Waals surface area contributed by atoms with Gasteiger partial charge in [-0.3, -0.25) is 0 Å². The molecule has 0 heterocycles. The van der Waals surface area contributed by atoms with E-state index < -0.39 is 0 Å². The van der Waals surface area contributed by atoms with E-state index in [1.807, 2.05) is 6.07 Å². The summed E-state index contributed by atoms with van der Waals surface area (Å²) in [5.74, 6) is 0.914. The standard InChI is InChI=1S/C18H25NO2/c1-20-12-11-19-10-4-3-5-15-6-7-17-14-18(21-2)9-8-16(17)13-15/h6-9,13-14,19H,3-5,10-12H2,1-2H3. The molecule has 0 fully saturated rings. The van der Waals surface area contributed by atoms with Crippen molar-refractivity contribution in [3.05, 3.63) is 42.0 Å². The molecule has 2 aromatic rings. The maximum Gasteiger partial charge on any atom is 0.119 e. The fourth-order valence-corrected chi connectivity index (χ4v) is 2.43. The Kier molecular flexibility index (Phi) is 6.51. The van der Waals surface area contributed by atoms with Crippen LogP contribution < -0.4 is 10.1 Å². The van der Waals surface area contributed by atoms with Crippen LogP contribution in [0.5, 0.6) is 5.75 Å². The molecule has 0 saturated heterocycles. The highest BCUT2D eigenvalue weighted by molar-refractivity contribution is 5.84. The number of nitrogens with one attached hydrogen (secondary N) is 1. The van der Waals surface area contributed by atoms with Crippen LogP contribution in [0, 0.1) is 0 Å². The molecule has 0 atom stereocenters. The second-order valence-electron chi connectivity index (χ2n) is 5.25. The number of unbranched alkanes of at least 4 members (excludes halogenated alkanes) is 1. The normalized spacial score (nSPS) is 11.0. The molecular formula is C18H25NO2. The minimum atomic E-state index is 0.786. The van der Waals surface area contributed by atoms with E-state index in [0.717, 1.165) is 31.9 Å². The fraction of sp³-hybridized carbons (Fsp3) is 0.444. The number of rotatable bonds is 9. The molecule has 0 spiro atoms. The third-order valence-corrected chi connectivity index (χ3v) is 3.66. The summed E-state index contributed by atoms with van der Waals surface area (Å²) in [5.41, 5.74) is 1.41. The number of hydrogen-bond acceptors (Lipinski definition) is 3. The van der Waals surface area contributed by atoms with Crippen molar-refractivity contribution < 1.29 is 9.47 Å². The lowest BCUT2D eigenvalue weighted by Crippen LogP contribution is -2.20. The molecule has 2 aromatic carbocycles. The lowest BCUT2D eigenvalue weighted by Gasteiger charge is -2.07. The van der Waals surface area contributed by atoms with Gasteiger partial charge in [0.15, 0.2) is 0 Å². The van der Waals surface area contributed by atoms with Crippen molar-refractivity contribution in [3.8, 4) is 5.75 Å². The highest BCUT2D eigenvalue weighted by atomic mass is 16.5. The fourth-order valence-electron chi connectivity index (χ4n) is 2.43. The van der Waals surface area contributed by atoms with Crippen molar-refractivity contribution in [2.75, 3.05) is 33.9 Å². The molecule has 1 N–H and O–H groups in total. The Balaban J connectivity index is 1.80. The lowest BCUT2D eigenvalue weighted by atomic mass is 10.0. The summed E-state index contributed by atoms with van der Waals surface area (Å²) in [5, 5.41) is 5.90. The second-order valence-corrected chi connectivity index (χ2v) is 5.25. The third-order valence-electron chi connectivity index (χ3n) is 3.66. The quantitative estimate of drug-likeness (QED) is 0.717. The Bertz CT molecular complexity index is 554. The predicted octanol–water partition coefficient (Wildman–Crippen LogP) is 3.41. The van der Waals surface area contributed by atoms with Gasteiger partial charge in [0.05, 0.1) is 13.7 Å². The number of methoxy groups -OCH3 is 2. The van der Waals surface area contributed by atoms with Gasteiger partial charge in [-0.2, -0.15) is 0 Å². The maximum absolute atomic E-state index is 5.26. The first-order valence-electron chi connectivity index (χ1n) is 7.60. The van der Waals surface area contributed by atoms with Crippen LogP contribution in [0.2, 0.25) is 0 Å². The summed E-state index contributed by atoms with van der Waals surface area (Å²) in [6.45, 7) is 2.79. The number of fused-ring (bicyclic) bond motifs is 1. The van der Waals surface area contributed by atoms with Gasteiger partial charge >= 0.3 is 0 Å². The lowest BCUT2D eigenvalue weighted by molar-refractivity contribution is 0.199. The Morgan fingerprint density at radius 2 is 1.71 bits per heavy atom. The van der Waals surface area contributed by atoms with Gasteiger partial charge in [-0.05, 0) is 54.3 Å². The van der Waals surface area contributed by atoms with E-state index in [0.29, 0.717) is 0 Å². The zero-order valence-corrected chi connectivity index (χ0v) is 13.0. The number of aryl methyl sites for hydroxylation is 1. The molecule has 0 amide bonds. The van der Waals surface area contributed by atoms with Gasteiger partial charge in [-0.15, -0.1) is 0 Å². The molecule has 21 heavy (non-hydrogen) atoms. The number of hydrogen-bond donors (Lipinski definition) is 1. The van der Waals surface area contributed by atoms with Crippen LogP contribution >= 0.6 is 0 Å². The molecular weight excluding hydrogens is 262 g/mol. The largest absolute Gasteiger partial charge is 0.497 e. The van der Waals surface area contributed by atoms with E-state index in [2.05, 4.69) is 35.6 Å². The van der Waals surface area contributed by atoms with Crippen LogP contribution in [0.3, 0.4) is 0 Å². The highest BCUT2D eigenvalue weighted by Gasteiger charge is 1.99. The summed E-state index contributed by atoms with van der Waals surface area (Å²) >= 11 is 0. The maximum atomic E-state index is 5.26. The third kappa shape index (κ3) is 5.03. The Labute approximate surface area is 127 Å². The Morgan fingerprint density at radius 1 is 0.905 bits per heavy atom. The first-order valence-corrected chi connectivity index (χ1v) is 7.60. The van der Waals surface area contributed by atoms with Crippen molar-refractivity contribution in [2.24, 2.45) is 0 Å². The average Bonchev–Trinajstić information content (AvgIpc) is 2.53. The minimum absolute atomic E-state index is 0.786. The zero-order valence-electron chi connectivity index (χ0n) is 13.0. The SMILES string of the molecule is COCCNCCCCc1ccc2cc(OC)ccc2c1. The van der Waals surface area contributed by atoms with Crippen LogP contribution in [-0.4, -0.2) is 33.9 Å². The zero-order chi connectivity index (χ0) is 14.9. The predicted molar refractivity (Wildman–Crippen MR) is 88.2 cm³/mol. The topological polar surface area (TPSA) is 30.5 Å². The number of benzene rings is 2. The van der Waals surface area contributed by atoms with Gasteiger partial charge < -0.3 is 14.8 Å². The van der Waals surface area contributed by atoms with Gasteiger partial charge in [-0.25, -0.2) is 0 Å². The summed E-state index contributed by atoms with van der Waals surface area (Å²) < 4.78 is 10.3. The number of ether oxygens (including phenoxy) is 2. The van der Waals surface area contributed by atoms with E-state index in [1.54, 1.807) is 14.2 Å². The summed E-state index contributed by atoms with van der Waals surface area (Å²) in [6, 6.07) is 12.9. The van der Waals surface area contributed by atoms with Gasteiger partial charge in [0, 0.05) is 13.7 Å². The van der Waals surface area contributed by atoms with Crippen molar-refractivity contribution in [1.82, 2.24) is 5.32 Å². The van der Waals surface area contributed by atoms with Crippen molar-refractivity contribution in [3.63, 3.8) is 0 Å². The van der Waals surface area contributed by atoms with Crippen LogP contribution in [0.15, 0.2) is 36.4 Å². The van der Waals surface area contributed by atoms with Crippen LogP contribution in [0.1, 0.15) is 18.4 Å². The van der Waals surface area contributed by atoms with E-state index in [4.69, 9.17) is 9.47 Å². The van der Waals surface area contributed by atoms with Crippen molar-refractivity contribution >= 4 is 10.8 Å². The van der Waals surface area contributed by atoms with Gasteiger partial charge in [0.1, 0.15) is 5.75 Å². The van der Waals surface area contributed by atoms with E-state index >= 15 is 0 Å². The summed E-state index contributed by atoms with van der Waals surface area (Å²) in [4.78, 5) is 0. The first-order chi connectivity index (χ1) is 10.3. The van der Waals surface area contributed by atoms with E-state index in [9.17, 15) is 0 Å². The molecule has 0 aliphatic carbocycles. The average molecular weight is 287 g/mol. The van der Waals surface area contributed by atoms with Crippen LogP contribution in [0.4, 0.5) is 0 Å². The molecule has 0 aliphatic rings. The summed E-state index contributed by atoms with van der Waals surface area (Å²) in [6.07, 6.45) is 3.54. The van der Waals surface area contributed by atoms with Gasteiger partial charge in [0.2, 0.25) is 0 Å². The Morgan fingerprint density at radius 3 is 2.52 bits per heavy atom. The van der Waals surface area contributed by atoms with Crippen LogP contribution in [0.25, 0.3) is 10.8 Å². The first kappa shape index (κ1) is 15.8. The molecule has 3 nitrogen and oxygen atoms in total. The molecule has 0 saturated carbocycles.